The lowest BCUT2D eigenvalue weighted by Crippen LogP contribution is -2.25. The monoisotopic (exact) mass is 282 g/mol. The van der Waals surface area contributed by atoms with Crippen molar-refractivity contribution < 1.29 is 13.5 Å². The number of aromatic nitrogens is 3. The van der Waals surface area contributed by atoms with E-state index < -0.39 is 16.6 Å². The number of H-pyrrole nitrogens is 1. The van der Waals surface area contributed by atoms with Gasteiger partial charge in [-0.15, -0.1) is 0 Å². The van der Waals surface area contributed by atoms with Gasteiger partial charge in [-0.05, 0) is 19.1 Å². The highest BCUT2D eigenvalue weighted by Gasteiger charge is 2.20. The Balaban J connectivity index is 2.14. The number of hydrogen-bond donors (Lipinski definition) is 3. The Morgan fingerprint density at radius 3 is 2.89 bits per heavy atom. The molecule has 8 heteroatoms. The standard InChI is InChI=1S/C11H14N4O3S/c1-8-3-2-4-10(14-8)6-13-19(17,18)11-9(7-16)5-12-15-11/h2-5,13,16H,6-7H2,1H3,(H,12,15). The molecule has 0 radical (unpaired) electrons. The first-order valence-electron chi connectivity index (χ1n) is 5.58. The van der Waals surface area contributed by atoms with Gasteiger partial charge in [0.25, 0.3) is 10.0 Å². The number of rotatable bonds is 5. The second kappa shape index (κ2) is 5.47. The topological polar surface area (TPSA) is 108 Å². The van der Waals surface area contributed by atoms with E-state index in [2.05, 4.69) is 19.9 Å². The first-order chi connectivity index (χ1) is 9.03. The highest BCUT2D eigenvalue weighted by Crippen LogP contribution is 2.11. The van der Waals surface area contributed by atoms with Crippen LogP contribution >= 0.6 is 0 Å². The van der Waals surface area contributed by atoms with Crippen LogP contribution in [-0.2, 0) is 23.2 Å². The number of aromatic amines is 1. The molecule has 3 N–H and O–H groups in total. The average Bonchev–Trinajstić information content (AvgIpc) is 2.86. The molecule has 7 nitrogen and oxygen atoms in total. The predicted octanol–water partition coefficient (Wildman–Crippen LogP) is 0.0839. The molecule has 0 unspecified atom stereocenters. The summed E-state index contributed by atoms with van der Waals surface area (Å²) < 4.78 is 26.4. The van der Waals surface area contributed by atoms with Gasteiger partial charge in [0.1, 0.15) is 0 Å². The van der Waals surface area contributed by atoms with Gasteiger partial charge < -0.3 is 5.11 Å². The number of nitrogens with one attached hydrogen (secondary N) is 2. The third kappa shape index (κ3) is 3.16. The quantitative estimate of drug-likeness (QED) is 0.720. The van der Waals surface area contributed by atoms with E-state index in [1.807, 2.05) is 13.0 Å². The van der Waals surface area contributed by atoms with Crippen LogP contribution in [0.2, 0.25) is 0 Å². The maximum Gasteiger partial charge on any atom is 0.258 e. The summed E-state index contributed by atoms with van der Waals surface area (Å²) in [4.78, 5) is 4.20. The summed E-state index contributed by atoms with van der Waals surface area (Å²) in [5, 5.41) is 14.9. The van der Waals surface area contributed by atoms with Gasteiger partial charge in [0.05, 0.1) is 25.0 Å². The van der Waals surface area contributed by atoms with E-state index in [4.69, 9.17) is 5.11 Å². The Morgan fingerprint density at radius 2 is 2.21 bits per heavy atom. The third-order valence-electron chi connectivity index (χ3n) is 2.51. The fraction of sp³-hybridized carbons (Fsp3) is 0.273. The van der Waals surface area contributed by atoms with Gasteiger partial charge >= 0.3 is 0 Å². The predicted molar refractivity (Wildman–Crippen MR) is 67.5 cm³/mol. The molecule has 0 aliphatic heterocycles. The summed E-state index contributed by atoms with van der Waals surface area (Å²) in [6.45, 7) is 1.51. The fourth-order valence-electron chi connectivity index (χ4n) is 1.58. The number of aryl methyl sites for hydroxylation is 1. The second-order valence-electron chi connectivity index (χ2n) is 3.98. The van der Waals surface area contributed by atoms with E-state index in [-0.39, 0.29) is 17.1 Å². The van der Waals surface area contributed by atoms with Crippen LogP contribution in [0.5, 0.6) is 0 Å². The first kappa shape index (κ1) is 13.7. The Hall–Kier alpha value is -1.77. The van der Waals surface area contributed by atoms with E-state index in [1.165, 1.54) is 6.20 Å². The molecule has 0 amide bonds. The number of sulfonamides is 1. The molecule has 0 saturated carbocycles. The Kier molecular flexibility index (Phi) is 3.93. The summed E-state index contributed by atoms with van der Waals surface area (Å²) in [6.07, 6.45) is 1.28. The minimum atomic E-state index is -3.74. The van der Waals surface area contributed by atoms with Crippen molar-refractivity contribution >= 4 is 10.0 Å². The summed E-state index contributed by atoms with van der Waals surface area (Å²) >= 11 is 0. The molecular weight excluding hydrogens is 268 g/mol. The molecule has 2 rings (SSSR count). The smallest absolute Gasteiger partial charge is 0.258 e. The maximum atomic E-state index is 12.0. The number of hydrogen-bond acceptors (Lipinski definition) is 5. The van der Waals surface area contributed by atoms with Crippen LogP contribution in [0.1, 0.15) is 17.0 Å². The molecule has 19 heavy (non-hydrogen) atoms. The lowest BCUT2D eigenvalue weighted by Gasteiger charge is -2.06. The molecule has 0 aliphatic carbocycles. The van der Waals surface area contributed by atoms with Crippen LogP contribution in [0.3, 0.4) is 0 Å². The van der Waals surface area contributed by atoms with Crippen molar-refractivity contribution in [3.05, 3.63) is 41.3 Å². The largest absolute Gasteiger partial charge is 0.392 e. The van der Waals surface area contributed by atoms with Gasteiger partial charge in [-0.25, -0.2) is 13.1 Å². The summed E-state index contributed by atoms with van der Waals surface area (Å²) in [6, 6.07) is 5.37. The minimum Gasteiger partial charge on any atom is -0.392 e. The highest BCUT2D eigenvalue weighted by atomic mass is 32.2. The highest BCUT2D eigenvalue weighted by molar-refractivity contribution is 7.89. The number of aliphatic hydroxyl groups excluding tert-OH is 1. The van der Waals surface area contributed by atoms with Crippen molar-refractivity contribution in [2.75, 3.05) is 0 Å². The Morgan fingerprint density at radius 1 is 1.42 bits per heavy atom. The van der Waals surface area contributed by atoms with Crippen LogP contribution in [0.15, 0.2) is 29.4 Å². The third-order valence-corrected chi connectivity index (χ3v) is 3.92. The molecule has 0 aliphatic rings. The zero-order valence-electron chi connectivity index (χ0n) is 10.3. The maximum absolute atomic E-state index is 12.0. The molecule has 2 heterocycles. The van der Waals surface area contributed by atoms with E-state index in [0.29, 0.717) is 5.69 Å². The van der Waals surface area contributed by atoms with Gasteiger partial charge in [-0.3, -0.25) is 10.1 Å². The molecule has 0 aromatic carbocycles. The van der Waals surface area contributed by atoms with Gasteiger partial charge in [-0.1, -0.05) is 6.07 Å². The molecule has 0 fully saturated rings. The van der Waals surface area contributed by atoms with Crippen LogP contribution in [0.25, 0.3) is 0 Å². The summed E-state index contributed by atoms with van der Waals surface area (Å²) in [7, 11) is -3.74. The van der Waals surface area contributed by atoms with Crippen LogP contribution in [-0.4, -0.2) is 28.7 Å². The van der Waals surface area contributed by atoms with E-state index >= 15 is 0 Å². The van der Waals surface area contributed by atoms with Gasteiger partial charge in [0.15, 0.2) is 5.03 Å². The van der Waals surface area contributed by atoms with Crippen molar-refractivity contribution in [2.45, 2.75) is 25.1 Å². The molecule has 0 spiro atoms. The van der Waals surface area contributed by atoms with Crippen molar-refractivity contribution in [2.24, 2.45) is 0 Å². The Bertz CT molecular complexity index is 666. The van der Waals surface area contributed by atoms with Crippen molar-refractivity contribution in [1.82, 2.24) is 19.9 Å². The first-order valence-corrected chi connectivity index (χ1v) is 7.06. The van der Waals surface area contributed by atoms with Gasteiger partial charge in [-0.2, -0.15) is 5.10 Å². The van der Waals surface area contributed by atoms with Gasteiger partial charge in [0.2, 0.25) is 0 Å². The van der Waals surface area contributed by atoms with E-state index in [1.54, 1.807) is 12.1 Å². The van der Waals surface area contributed by atoms with Crippen molar-refractivity contribution in [1.29, 1.82) is 0 Å². The van der Waals surface area contributed by atoms with E-state index in [9.17, 15) is 8.42 Å². The molecule has 0 saturated heterocycles. The zero-order valence-corrected chi connectivity index (χ0v) is 11.1. The van der Waals surface area contributed by atoms with Crippen LogP contribution < -0.4 is 4.72 Å². The lowest BCUT2D eigenvalue weighted by molar-refractivity contribution is 0.278. The average molecular weight is 282 g/mol. The molecule has 0 bridgehead atoms. The molecule has 2 aromatic rings. The number of nitrogens with zero attached hydrogens (tertiary/aromatic N) is 2. The van der Waals surface area contributed by atoms with Gasteiger partial charge in [0, 0.05) is 11.3 Å². The zero-order chi connectivity index (χ0) is 13.9. The van der Waals surface area contributed by atoms with Crippen molar-refractivity contribution in [3.63, 3.8) is 0 Å². The van der Waals surface area contributed by atoms with Crippen LogP contribution in [0.4, 0.5) is 0 Å². The number of aliphatic hydroxyl groups is 1. The molecular formula is C11H14N4O3S. The van der Waals surface area contributed by atoms with E-state index in [0.717, 1.165) is 5.69 Å². The van der Waals surface area contributed by atoms with Crippen molar-refractivity contribution in [3.8, 4) is 0 Å². The molecule has 102 valence electrons. The molecule has 0 atom stereocenters. The Labute approximate surface area is 110 Å². The number of pyridine rings is 1. The normalized spacial score (nSPS) is 11.7. The summed E-state index contributed by atoms with van der Waals surface area (Å²) in [5.74, 6) is 0. The fourth-order valence-corrected chi connectivity index (χ4v) is 2.70. The lowest BCUT2D eigenvalue weighted by atomic mass is 10.3. The second-order valence-corrected chi connectivity index (χ2v) is 5.68. The SMILES string of the molecule is Cc1cccc(CNS(=O)(=O)c2[nH]ncc2CO)n1. The minimum absolute atomic E-state index is 0.0773. The summed E-state index contributed by atoms with van der Waals surface area (Å²) in [5.41, 5.74) is 1.66. The van der Waals surface area contributed by atoms with Crippen LogP contribution in [0, 0.1) is 6.92 Å². The molecule has 2 aromatic heterocycles.